The molecule has 1 aliphatic carbocycles. The standard InChI is InChI=1S/C18H25F2NO2.ClH/c19-17(20)8-6-14(7-9-17)12-18(22,15-4-2-1-3-5-15)16-13-21-10-11-23-16;/h1-5,14,16,21-22H,6-13H2;1H/t16-,18+;/m0./s1. The minimum atomic E-state index is -2.54. The molecule has 3 nitrogen and oxygen atoms in total. The van der Waals surface area contributed by atoms with Gasteiger partial charge in [-0.05, 0) is 30.7 Å². The summed E-state index contributed by atoms with van der Waals surface area (Å²) < 4.78 is 32.6. The summed E-state index contributed by atoms with van der Waals surface area (Å²) in [5.74, 6) is -2.44. The summed E-state index contributed by atoms with van der Waals surface area (Å²) in [6.45, 7) is 1.91. The lowest BCUT2D eigenvalue weighted by Gasteiger charge is -2.42. The van der Waals surface area contributed by atoms with Gasteiger partial charge in [0.25, 0.3) is 0 Å². The second-order valence-electron chi connectivity index (χ2n) is 6.86. The number of benzene rings is 1. The first-order valence-electron chi connectivity index (χ1n) is 8.48. The third-order valence-corrected chi connectivity index (χ3v) is 5.17. The Balaban J connectivity index is 0.00000208. The van der Waals surface area contributed by atoms with Crippen LogP contribution in [0.4, 0.5) is 8.78 Å². The summed E-state index contributed by atoms with van der Waals surface area (Å²) in [5, 5.41) is 14.7. The van der Waals surface area contributed by atoms with Crippen LogP contribution in [0.3, 0.4) is 0 Å². The Morgan fingerprint density at radius 3 is 2.46 bits per heavy atom. The third kappa shape index (κ3) is 4.45. The van der Waals surface area contributed by atoms with Crippen LogP contribution in [0.5, 0.6) is 0 Å². The summed E-state index contributed by atoms with van der Waals surface area (Å²) in [7, 11) is 0. The zero-order chi connectivity index (χ0) is 16.3. The third-order valence-electron chi connectivity index (χ3n) is 5.17. The SMILES string of the molecule is Cl.O[C@](CC1CCC(F)(F)CC1)(c1ccccc1)[C@@H]1CNCCO1. The molecule has 136 valence electrons. The van der Waals surface area contributed by atoms with Gasteiger partial charge in [-0.2, -0.15) is 0 Å². The highest BCUT2D eigenvalue weighted by Gasteiger charge is 2.44. The molecule has 1 heterocycles. The Morgan fingerprint density at radius 1 is 1.21 bits per heavy atom. The number of hydrogen-bond acceptors (Lipinski definition) is 3. The van der Waals surface area contributed by atoms with Crippen LogP contribution in [-0.4, -0.2) is 36.8 Å². The van der Waals surface area contributed by atoms with Crippen molar-refractivity contribution in [3.63, 3.8) is 0 Å². The number of hydrogen-bond donors (Lipinski definition) is 2. The fourth-order valence-corrected chi connectivity index (χ4v) is 3.78. The molecule has 0 radical (unpaired) electrons. The Kier molecular flexibility index (Phi) is 6.59. The minimum Gasteiger partial charge on any atom is -0.382 e. The average Bonchev–Trinajstić information content (AvgIpc) is 2.58. The van der Waals surface area contributed by atoms with Crippen LogP contribution in [0.25, 0.3) is 0 Å². The lowest BCUT2D eigenvalue weighted by atomic mass is 9.74. The topological polar surface area (TPSA) is 41.5 Å². The Bertz CT molecular complexity index is 501. The van der Waals surface area contributed by atoms with Gasteiger partial charge >= 0.3 is 0 Å². The van der Waals surface area contributed by atoms with Crippen molar-refractivity contribution in [3.8, 4) is 0 Å². The molecule has 24 heavy (non-hydrogen) atoms. The number of alkyl halides is 2. The van der Waals surface area contributed by atoms with Crippen LogP contribution in [0.2, 0.25) is 0 Å². The Morgan fingerprint density at radius 2 is 1.88 bits per heavy atom. The number of nitrogens with one attached hydrogen (secondary N) is 1. The molecule has 0 spiro atoms. The molecule has 2 atom stereocenters. The van der Waals surface area contributed by atoms with E-state index in [2.05, 4.69) is 5.32 Å². The highest BCUT2D eigenvalue weighted by molar-refractivity contribution is 5.85. The predicted molar refractivity (Wildman–Crippen MR) is 91.7 cm³/mol. The van der Waals surface area contributed by atoms with Gasteiger partial charge in [-0.15, -0.1) is 12.4 Å². The number of morpholine rings is 1. The molecule has 1 aromatic rings. The van der Waals surface area contributed by atoms with Crippen molar-refractivity contribution in [1.82, 2.24) is 5.32 Å². The first-order chi connectivity index (χ1) is 11.0. The molecule has 0 unspecified atom stereocenters. The molecule has 3 rings (SSSR count). The predicted octanol–water partition coefficient (Wildman–Crippen LogP) is 3.50. The molecule has 2 N–H and O–H groups in total. The van der Waals surface area contributed by atoms with Crippen LogP contribution < -0.4 is 5.32 Å². The fraction of sp³-hybridized carbons (Fsp3) is 0.667. The average molecular weight is 362 g/mol. The zero-order valence-corrected chi connectivity index (χ0v) is 14.5. The number of ether oxygens (including phenoxy) is 1. The van der Waals surface area contributed by atoms with E-state index in [1.54, 1.807) is 0 Å². The monoisotopic (exact) mass is 361 g/mol. The van der Waals surface area contributed by atoms with E-state index in [1.165, 1.54) is 0 Å². The van der Waals surface area contributed by atoms with Gasteiger partial charge in [0.05, 0.1) is 6.61 Å². The number of rotatable bonds is 4. The van der Waals surface area contributed by atoms with Crippen LogP contribution in [-0.2, 0) is 10.3 Å². The zero-order valence-electron chi connectivity index (χ0n) is 13.7. The van der Waals surface area contributed by atoms with Crippen molar-refractivity contribution in [2.75, 3.05) is 19.7 Å². The van der Waals surface area contributed by atoms with Gasteiger partial charge in [0.1, 0.15) is 11.7 Å². The molecule has 0 bridgehead atoms. The molecule has 0 amide bonds. The molecule has 1 aliphatic heterocycles. The van der Waals surface area contributed by atoms with E-state index in [4.69, 9.17) is 4.74 Å². The van der Waals surface area contributed by atoms with Crippen LogP contribution in [0.15, 0.2) is 30.3 Å². The quantitative estimate of drug-likeness (QED) is 0.862. The second-order valence-corrected chi connectivity index (χ2v) is 6.86. The summed E-state index contributed by atoms with van der Waals surface area (Å²) >= 11 is 0. The van der Waals surface area contributed by atoms with Gasteiger partial charge in [0.2, 0.25) is 5.92 Å². The summed E-state index contributed by atoms with van der Waals surface area (Å²) in [6.07, 6.45) is 0.893. The minimum absolute atomic E-state index is 0. The normalized spacial score (nSPS) is 27.0. The van der Waals surface area contributed by atoms with Crippen molar-refractivity contribution >= 4 is 12.4 Å². The second kappa shape index (κ2) is 8.09. The largest absolute Gasteiger partial charge is 0.382 e. The molecule has 1 aromatic carbocycles. The van der Waals surface area contributed by atoms with E-state index in [-0.39, 0.29) is 37.3 Å². The highest BCUT2D eigenvalue weighted by atomic mass is 35.5. The van der Waals surface area contributed by atoms with Crippen LogP contribution in [0.1, 0.15) is 37.7 Å². The van der Waals surface area contributed by atoms with Crippen molar-refractivity contribution in [1.29, 1.82) is 0 Å². The summed E-state index contributed by atoms with van der Waals surface area (Å²) in [4.78, 5) is 0. The molecule has 2 fully saturated rings. The summed E-state index contributed by atoms with van der Waals surface area (Å²) in [5.41, 5.74) is -0.322. The van der Waals surface area contributed by atoms with E-state index >= 15 is 0 Å². The first kappa shape index (κ1) is 19.6. The van der Waals surface area contributed by atoms with Gasteiger partial charge in [-0.1, -0.05) is 30.3 Å². The van der Waals surface area contributed by atoms with Crippen molar-refractivity contribution < 1.29 is 18.6 Å². The lowest BCUT2D eigenvalue weighted by molar-refractivity contribution is -0.141. The van der Waals surface area contributed by atoms with E-state index in [0.717, 1.165) is 12.1 Å². The van der Waals surface area contributed by atoms with E-state index in [9.17, 15) is 13.9 Å². The van der Waals surface area contributed by atoms with Gasteiger partial charge in [0, 0.05) is 25.9 Å². The van der Waals surface area contributed by atoms with Gasteiger partial charge < -0.3 is 15.2 Å². The fourth-order valence-electron chi connectivity index (χ4n) is 3.78. The Labute approximate surface area is 148 Å². The van der Waals surface area contributed by atoms with Gasteiger partial charge in [-0.3, -0.25) is 0 Å². The van der Waals surface area contributed by atoms with Gasteiger partial charge in [0.15, 0.2) is 0 Å². The molecular formula is C18H26ClF2NO2. The lowest BCUT2D eigenvalue weighted by Crippen LogP contribution is -2.52. The molecule has 1 saturated heterocycles. The Hall–Kier alpha value is -0.750. The molecular weight excluding hydrogens is 336 g/mol. The number of aliphatic hydroxyl groups is 1. The number of halogens is 3. The van der Waals surface area contributed by atoms with Crippen LogP contribution in [0, 0.1) is 5.92 Å². The maximum absolute atomic E-state index is 13.4. The molecule has 6 heteroatoms. The summed E-state index contributed by atoms with van der Waals surface area (Å²) in [6, 6.07) is 9.49. The van der Waals surface area contributed by atoms with Gasteiger partial charge in [-0.25, -0.2) is 8.78 Å². The van der Waals surface area contributed by atoms with E-state index in [1.807, 2.05) is 30.3 Å². The van der Waals surface area contributed by atoms with Crippen LogP contribution >= 0.6 is 12.4 Å². The smallest absolute Gasteiger partial charge is 0.248 e. The van der Waals surface area contributed by atoms with Crippen molar-refractivity contribution in [3.05, 3.63) is 35.9 Å². The van der Waals surface area contributed by atoms with Crippen molar-refractivity contribution in [2.24, 2.45) is 5.92 Å². The maximum Gasteiger partial charge on any atom is 0.248 e. The van der Waals surface area contributed by atoms with E-state index in [0.29, 0.717) is 32.4 Å². The molecule has 1 saturated carbocycles. The molecule has 2 aliphatic rings. The van der Waals surface area contributed by atoms with E-state index < -0.39 is 11.5 Å². The maximum atomic E-state index is 13.4. The molecule has 0 aromatic heterocycles. The van der Waals surface area contributed by atoms with Crippen molar-refractivity contribution in [2.45, 2.75) is 49.7 Å². The highest BCUT2D eigenvalue weighted by Crippen LogP contribution is 2.43. The first-order valence-corrected chi connectivity index (χ1v) is 8.48.